The molecular formula is C9H11BO2. The third-order valence-electron chi connectivity index (χ3n) is 1.91. The second-order valence-corrected chi connectivity index (χ2v) is 2.71. The van der Waals surface area contributed by atoms with Crippen LogP contribution in [0, 0.1) is 0 Å². The van der Waals surface area contributed by atoms with E-state index in [4.69, 9.17) is 5.11 Å². The number of rotatable bonds is 3. The van der Waals surface area contributed by atoms with Crippen molar-refractivity contribution in [3.8, 4) is 0 Å². The van der Waals surface area contributed by atoms with E-state index < -0.39 is 5.87 Å². The van der Waals surface area contributed by atoms with E-state index >= 15 is 0 Å². The fourth-order valence-electron chi connectivity index (χ4n) is 1.24. The first kappa shape index (κ1) is 8.85. The van der Waals surface area contributed by atoms with E-state index in [1.54, 1.807) is 0 Å². The van der Waals surface area contributed by atoms with Crippen molar-refractivity contribution in [1.82, 2.24) is 0 Å². The zero-order valence-corrected chi connectivity index (χ0v) is 7.03. The maximum atomic E-state index is 10.7. The number of hydrogen-bond donors (Lipinski definition) is 1. The Morgan fingerprint density at radius 2 is 2.00 bits per heavy atom. The molecule has 1 aromatic rings. The van der Waals surface area contributed by atoms with Gasteiger partial charge in [-0.15, -0.1) is 0 Å². The van der Waals surface area contributed by atoms with Crippen molar-refractivity contribution in [3.63, 3.8) is 0 Å². The minimum absolute atomic E-state index is 0.355. The summed E-state index contributed by atoms with van der Waals surface area (Å²) in [6.45, 7) is 1.53. The van der Waals surface area contributed by atoms with Gasteiger partial charge in [0.1, 0.15) is 0 Å². The van der Waals surface area contributed by atoms with Gasteiger partial charge in [-0.1, -0.05) is 49.0 Å². The summed E-state index contributed by atoms with van der Waals surface area (Å²) in [5, 5.41) is 8.83. The first-order valence-electron chi connectivity index (χ1n) is 4.03. The molecule has 0 fully saturated rings. The third-order valence-corrected chi connectivity index (χ3v) is 1.91. The van der Waals surface area contributed by atoms with Gasteiger partial charge in [-0.2, -0.15) is 0 Å². The molecule has 0 aliphatic heterocycles. The van der Waals surface area contributed by atoms with Gasteiger partial charge in [-0.05, 0) is 0 Å². The Kier molecular flexibility index (Phi) is 2.91. The summed E-state index contributed by atoms with van der Waals surface area (Å²) in [6.07, 6.45) is 0.638. The number of hydrogen-bond acceptors (Lipinski definition) is 1. The first-order valence-corrected chi connectivity index (χ1v) is 4.03. The highest BCUT2D eigenvalue weighted by Crippen LogP contribution is 1.95. The lowest BCUT2D eigenvalue weighted by Gasteiger charge is -2.04. The molecule has 12 heavy (non-hydrogen) atoms. The van der Waals surface area contributed by atoms with Crippen molar-refractivity contribution in [3.05, 3.63) is 30.3 Å². The molecule has 2 nitrogen and oxygen atoms in total. The van der Waals surface area contributed by atoms with E-state index in [2.05, 4.69) is 0 Å². The van der Waals surface area contributed by atoms with Crippen LogP contribution in [0.4, 0.5) is 4.79 Å². The Morgan fingerprint density at radius 3 is 2.42 bits per heavy atom. The van der Waals surface area contributed by atoms with Gasteiger partial charge in [0.05, 0.1) is 0 Å². The lowest BCUT2D eigenvalue weighted by atomic mass is 9.43. The van der Waals surface area contributed by atoms with E-state index in [9.17, 15) is 4.79 Å². The van der Waals surface area contributed by atoms with E-state index in [0.29, 0.717) is 6.32 Å². The SMILES string of the molecule is CCB(C(=O)O)c1ccccc1. The maximum absolute atomic E-state index is 10.7. The van der Waals surface area contributed by atoms with Crippen LogP contribution < -0.4 is 5.46 Å². The Morgan fingerprint density at radius 1 is 1.42 bits per heavy atom. The van der Waals surface area contributed by atoms with Gasteiger partial charge in [-0.3, -0.25) is 4.79 Å². The second-order valence-electron chi connectivity index (χ2n) is 2.71. The van der Waals surface area contributed by atoms with Gasteiger partial charge in [0.15, 0.2) is 0 Å². The number of carbonyl (C=O) groups is 1. The maximum Gasteiger partial charge on any atom is 0.310 e. The molecule has 0 saturated carbocycles. The topological polar surface area (TPSA) is 37.3 Å². The van der Waals surface area contributed by atoms with Gasteiger partial charge < -0.3 is 5.11 Å². The quantitative estimate of drug-likeness (QED) is 0.686. The molecule has 1 N–H and O–H groups in total. The molecule has 0 bridgehead atoms. The molecule has 0 saturated heterocycles. The third kappa shape index (κ3) is 1.88. The van der Waals surface area contributed by atoms with Crippen LogP contribution in [0.1, 0.15) is 6.92 Å². The summed E-state index contributed by atoms with van der Waals surface area (Å²) < 4.78 is 0. The predicted octanol–water partition coefficient (Wildman–Crippen LogP) is 1.67. The molecule has 3 heteroatoms. The van der Waals surface area contributed by atoms with E-state index in [-0.39, 0.29) is 6.71 Å². The summed E-state index contributed by atoms with van der Waals surface area (Å²) in [4.78, 5) is 10.7. The van der Waals surface area contributed by atoms with Crippen molar-refractivity contribution in [2.45, 2.75) is 13.2 Å². The highest BCUT2D eigenvalue weighted by molar-refractivity contribution is 6.97. The highest BCUT2D eigenvalue weighted by Gasteiger charge is 2.22. The summed E-state index contributed by atoms with van der Waals surface area (Å²) in [6, 6.07) is 9.31. The number of carboxylic acid groups (broad SMARTS) is 1. The average molecular weight is 162 g/mol. The van der Waals surface area contributed by atoms with Crippen molar-refractivity contribution >= 4 is 18.0 Å². The van der Waals surface area contributed by atoms with Crippen LogP contribution in [-0.2, 0) is 0 Å². The first-order chi connectivity index (χ1) is 5.75. The van der Waals surface area contributed by atoms with Crippen molar-refractivity contribution in [1.29, 1.82) is 0 Å². The van der Waals surface area contributed by atoms with Crippen LogP contribution in [0.15, 0.2) is 30.3 Å². The Hall–Kier alpha value is -1.25. The predicted molar refractivity (Wildman–Crippen MR) is 50.3 cm³/mol. The molecule has 0 amide bonds. The van der Waals surface area contributed by atoms with Gasteiger partial charge in [-0.25, -0.2) is 0 Å². The summed E-state index contributed by atoms with van der Waals surface area (Å²) in [7, 11) is 0. The molecule has 0 heterocycles. The molecule has 1 aromatic carbocycles. The van der Waals surface area contributed by atoms with Crippen molar-refractivity contribution in [2.75, 3.05) is 0 Å². The number of benzene rings is 1. The summed E-state index contributed by atoms with van der Waals surface area (Å²) in [5.41, 5.74) is 0.882. The minimum Gasteiger partial charge on any atom is -0.489 e. The molecule has 0 atom stereocenters. The second kappa shape index (κ2) is 3.95. The Balaban J connectivity index is 2.88. The van der Waals surface area contributed by atoms with Gasteiger partial charge >= 0.3 is 6.71 Å². The fourth-order valence-corrected chi connectivity index (χ4v) is 1.24. The van der Waals surface area contributed by atoms with Gasteiger partial charge in [0, 0.05) is 0 Å². The van der Waals surface area contributed by atoms with Crippen molar-refractivity contribution in [2.24, 2.45) is 0 Å². The van der Waals surface area contributed by atoms with Gasteiger partial charge in [0.25, 0.3) is 5.87 Å². The molecular weight excluding hydrogens is 151 g/mol. The fraction of sp³-hybridized carbons (Fsp3) is 0.222. The lowest BCUT2D eigenvalue weighted by Crippen LogP contribution is -2.36. The molecule has 0 aromatic heterocycles. The molecule has 0 unspecified atom stereocenters. The molecule has 0 radical (unpaired) electrons. The zero-order valence-electron chi connectivity index (χ0n) is 7.03. The molecule has 62 valence electrons. The van der Waals surface area contributed by atoms with Crippen LogP contribution in [0.5, 0.6) is 0 Å². The zero-order chi connectivity index (χ0) is 8.97. The standard InChI is InChI=1S/C9H11BO2/c1-2-10(9(11)12)8-6-4-3-5-7-8/h3-7H,2H2,1H3,(H,11,12). The van der Waals surface area contributed by atoms with E-state index in [0.717, 1.165) is 5.46 Å². The van der Waals surface area contributed by atoms with Crippen LogP contribution >= 0.6 is 0 Å². The monoisotopic (exact) mass is 162 g/mol. The molecule has 0 spiro atoms. The summed E-state index contributed by atoms with van der Waals surface area (Å²) in [5.74, 6) is -0.747. The summed E-state index contributed by atoms with van der Waals surface area (Å²) >= 11 is 0. The van der Waals surface area contributed by atoms with Gasteiger partial charge in [0.2, 0.25) is 0 Å². The van der Waals surface area contributed by atoms with Crippen LogP contribution in [0.2, 0.25) is 6.32 Å². The largest absolute Gasteiger partial charge is 0.489 e. The van der Waals surface area contributed by atoms with Crippen molar-refractivity contribution < 1.29 is 9.90 Å². The average Bonchev–Trinajstić information content (AvgIpc) is 2.07. The Bertz CT molecular complexity index is 258. The smallest absolute Gasteiger partial charge is 0.310 e. The lowest BCUT2D eigenvalue weighted by molar-refractivity contribution is 0.219. The van der Waals surface area contributed by atoms with Crippen LogP contribution in [0.25, 0.3) is 0 Å². The molecule has 1 rings (SSSR count). The highest BCUT2D eigenvalue weighted by atomic mass is 16.4. The normalized spacial score (nSPS) is 9.42. The molecule has 0 aliphatic rings. The van der Waals surface area contributed by atoms with Crippen LogP contribution in [0.3, 0.4) is 0 Å². The molecule has 0 aliphatic carbocycles. The minimum atomic E-state index is -0.747. The van der Waals surface area contributed by atoms with E-state index in [1.807, 2.05) is 37.3 Å². The Labute approximate surface area is 72.3 Å². The van der Waals surface area contributed by atoms with E-state index in [1.165, 1.54) is 0 Å². The van der Waals surface area contributed by atoms with Crippen LogP contribution in [-0.4, -0.2) is 17.7 Å².